The van der Waals surface area contributed by atoms with Gasteiger partial charge < -0.3 is 52.2 Å². The molecule has 8 heterocycles. The highest BCUT2D eigenvalue weighted by Gasteiger charge is 2.37. The van der Waals surface area contributed by atoms with Crippen LogP contribution in [-0.4, -0.2) is 143 Å². The van der Waals surface area contributed by atoms with Gasteiger partial charge in [0.05, 0.1) is 75.3 Å². The van der Waals surface area contributed by atoms with Crippen LogP contribution in [0.1, 0.15) is 175 Å². The summed E-state index contributed by atoms with van der Waals surface area (Å²) >= 11 is 12.4. The third-order valence-corrected chi connectivity index (χ3v) is 23.1. The Balaban J connectivity index is 0.000000168. The predicted molar refractivity (Wildman–Crippen MR) is 445 cm³/mol. The van der Waals surface area contributed by atoms with Gasteiger partial charge in [0.1, 0.15) is 31.8 Å². The van der Waals surface area contributed by atoms with E-state index in [1.54, 1.807) is 66.9 Å². The van der Waals surface area contributed by atoms with E-state index < -0.39 is 64.7 Å². The first kappa shape index (κ1) is 93.1. The summed E-state index contributed by atoms with van der Waals surface area (Å²) in [6.07, 6.45) is 9.28. The smallest absolute Gasteiger partial charge is 0.423 e. The molecule has 0 amide bonds. The first-order valence-corrected chi connectivity index (χ1v) is 40.5. The Morgan fingerprint density at radius 1 is 0.393 bits per heavy atom. The van der Waals surface area contributed by atoms with Crippen LogP contribution >= 0.6 is 55.9 Å². The van der Waals surface area contributed by atoms with Gasteiger partial charge in [0.25, 0.3) is 0 Å². The lowest BCUT2D eigenvalue weighted by atomic mass is 9.77. The normalized spacial score (nSPS) is 20.2. The van der Waals surface area contributed by atoms with Gasteiger partial charge >= 0.3 is 25.6 Å². The molecule has 22 nitrogen and oxygen atoms in total. The molecular formula is C81H100BBr2Cl2F9N16O6. The summed E-state index contributed by atoms with van der Waals surface area (Å²) in [5.74, 6) is 3.60. The average molecular weight is 1810 g/mol. The summed E-state index contributed by atoms with van der Waals surface area (Å²) in [6.45, 7) is 15.0. The number of nitrogens with two attached hydrogens (primary N) is 1. The van der Waals surface area contributed by atoms with Gasteiger partial charge in [-0.2, -0.15) is 44.6 Å². The first-order chi connectivity index (χ1) is 54.3. The van der Waals surface area contributed by atoms with Gasteiger partial charge in [-0.1, -0.05) is 60.1 Å². The summed E-state index contributed by atoms with van der Waals surface area (Å²) < 4.78 is 123. The molecule has 0 saturated heterocycles. The Morgan fingerprint density at radius 3 is 1.02 bits per heavy atom. The van der Waals surface area contributed by atoms with Crippen LogP contribution in [0.5, 0.6) is 0 Å². The molecule has 0 aliphatic heterocycles. The molecule has 8 aromatic heterocycles. The van der Waals surface area contributed by atoms with Crippen molar-refractivity contribution in [2.24, 2.45) is 29.4 Å². The summed E-state index contributed by atoms with van der Waals surface area (Å²) in [7, 11) is -1.87. The predicted octanol–water partition coefficient (Wildman–Crippen LogP) is 17.8. The highest BCUT2D eigenvalue weighted by Crippen LogP contribution is 2.40. The van der Waals surface area contributed by atoms with Gasteiger partial charge in [0.2, 0.25) is 0 Å². The van der Waals surface area contributed by atoms with Gasteiger partial charge in [0.15, 0.2) is 22.6 Å². The summed E-state index contributed by atoms with van der Waals surface area (Å²) in [4.78, 5) is 16.8. The van der Waals surface area contributed by atoms with E-state index in [1.165, 1.54) is 30.6 Å². The number of fused-ring (bicyclic) bond motifs is 4. The maximum Gasteiger partial charge on any atom is 0.488 e. The summed E-state index contributed by atoms with van der Waals surface area (Å²) in [5, 5.41) is 85.9. The van der Waals surface area contributed by atoms with Crippen molar-refractivity contribution in [3.8, 4) is 22.5 Å². The van der Waals surface area contributed by atoms with Crippen LogP contribution in [0.2, 0.25) is 5.15 Å². The number of nitrogens with one attached hydrogen (secondary N) is 3. The monoisotopic (exact) mass is 1800 g/mol. The van der Waals surface area contributed by atoms with Crippen LogP contribution in [-0.2, 0) is 18.5 Å². The summed E-state index contributed by atoms with van der Waals surface area (Å²) in [5.41, 5.74) is 5.47. The van der Waals surface area contributed by atoms with Crippen molar-refractivity contribution >= 4 is 108 Å². The zero-order valence-corrected chi connectivity index (χ0v) is 70.7. The SMILES string of the molecule is CC(C)(O)C1CCC(N)CC1.CC(C)(O)C1CCC(Nc2ccc3ncc(-c4cccc(C(F)(F)F)c4)n3n2)CC1.CC(C)(O)C1CCC(Nc2ccc3ncc(-c4cccc(C(F)(F)F)c4)n3n2)CC1.CC(C)(O)C1CCC(Nc2ccc3ncc(Br)n3n2)CC1.Cl.Clc1ccc2ncc(Br)n2n1.OB(O)c1cccc(C(F)(F)F)c1. The molecule has 0 atom stereocenters. The lowest BCUT2D eigenvalue weighted by Crippen LogP contribution is -2.37. The highest BCUT2D eigenvalue weighted by molar-refractivity contribution is 9.10. The van der Waals surface area contributed by atoms with Crippen molar-refractivity contribution in [1.82, 2.24) is 58.4 Å². The van der Waals surface area contributed by atoms with E-state index in [4.69, 9.17) is 27.4 Å². The molecule has 4 aliphatic rings. The van der Waals surface area contributed by atoms with Crippen molar-refractivity contribution in [3.63, 3.8) is 0 Å². The van der Waals surface area contributed by atoms with E-state index in [9.17, 15) is 59.9 Å². The molecule has 0 bridgehead atoms. The number of imidazole rings is 4. The first-order valence-electron chi connectivity index (χ1n) is 38.5. The van der Waals surface area contributed by atoms with Crippen LogP contribution in [0.3, 0.4) is 0 Å². The van der Waals surface area contributed by atoms with E-state index in [1.807, 2.05) is 79.7 Å². The molecule has 36 heteroatoms. The third kappa shape index (κ3) is 26.1. The maximum atomic E-state index is 13.1. The van der Waals surface area contributed by atoms with E-state index in [0.29, 0.717) is 80.6 Å². The van der Waals surface area contributed by atoms with Crippen LogP contribution in [0.25, 0.3) is 45.1 Å². The molecule has 4 fully saturated rings. The Kier molecular flexibility index (Phi) is 31.2. The fourth-order valence-corrected chi connectivity index (χ4v) is 15.8. The van der Waals surface area contributed by atoms with Crippen molar-refractivity contribution in [1.29, 1.82) is 0 Å². The van der Waals surface area contributed by atoms with Gasteiger partial charge in [-0.05, 0) is 292 Å². The number of hydrogen-bond acceptors (Lipinski definition) is 18. The molecule has 0 radical (unpaired) electrons. The number of benzene rings is 3. The number of nitrogens with zero attached hydrogens (tertiary/aromatic N) is 12. The van der Waals surface area contributed by atoms with E-state index in [0.717, 1.165) is 165 Å². The Labute approximate surface area is 700 Å². The minimum atomic E-state index is -4.45. The Hall–Kier alpha value is -7.77. The van der Waals surface area contributed by atoms with Crippen LogP contribution in [0.4, 0.5) is 57.0 Å². The number of aromatic nitrogens is 12. The molecule has 11 N–H and O–H groups in total. The third-order valence-electron chi connectivity index (χ3n) is 21.8. The topological polar surface area (TPSA) is 304 Å². The van der Waals surface area contributed by atoms with Crippen LogP contribution < -0.4 is 27.1 Å². The standard InChI is InChI=1S/2C22H25F3N4O.C15H21BrN4O.C9H19NO.C7H6BF3O2.C6H3BrClN3.ClH/c2*1-21(2,30)15-6-8-17(9-7-15)27-19-10-11-20-26-13-18(29(20)28-19)14-4-3-5-16(12-14)22(23,24)25;1-15(2,21)10-3-5-11(6-4-10)18-13-7-8-14-17-9-12(16)20(14)19-13;1-9(2,11)7-3-5-8(10)6-4-7;9-7(10,11)5-2-1-3-6(4-5)8(12)13;7-4-3-9-6-2-1-5(8)10-11(4)6;/h2*3-5,10-13,15,17,30H,6-9H2,1-2H3,(H,27,28);7-11,21H,3-6H2,1-2H3,(H,18,19);7-8,11H,3-6,10H2,1-2H3;1-4,12-13H;1-3H;1H. The van der Waals surface area contributed by atoms with Crippen LogP contribution in [0.15, 0.2) is 155 Å². The molecule has 15 rings (SSSR count). The number of aliphatic hydroxyl groups is 4. The zero-order chi connectivity index (χ0) is 84.5. The minimum Gasteiger partial charge on any atom is -0.423 e. The number of rotatable bonds is 13. The number of halogens is 13. The largest absolute Gasteiger partial charge is 0.488 e. The maximum absolute atomic E-state index is 13.1. The molecule has 4 aliphatic carbocycles. The Bertz CT molecular complexity index is 4850. The van der Waals surface area contributed by atoms with E-state index >= 15 is 0 Å². The number of alkyl halides is 9. The van der Waals surface area contributed by atoms with Crippen molar-refractivity contribution in [2.45, 2.75) is 223 Å². The van der Waals surface area contributed by atoms with Gasteiger partial charge in [0, 0.05) is 35.3 Å². The lowest BCUT2D eigenvalue weighted by molar-refractivity contribution is -0.138. The quantitative estimate of drug-likeness (QED) is 0.0379. The fraction of sp³-hybridized carbons (Fsp3) is 0.481. The molecule has 0 unspecified atom stereocenters. The molecule has 4 saturated carbocycles. The van der Waals surface area contributed by atoms with E-state index in [-0.39, 0.29) is 41.8 Å². The fourth-order valence-electron chi connectivity index (χ4n) is 14.9. The molecule has 0 spiro atoms. The molecular weight excluding hydrogens is 1710 g/mol. The van der Waals surface area contributed by atoms with Crippen LogP contribution in [0, 0.1) is 23.7 Å². The van der Waals surface area contributed by atoms with Gasteiger partial charge in [-0.15, -0.1) is 27.7 Å². The number of hydrogen-bond donors (Lipinski definition) is 10. The van der Waals surface area contributed by atoms with E-state index in [2.05, 4.69) is 88.1 Å². The van der Waals surface area contributed by atoms with Crippen molar-refractivity contribution in [3.05, 3.63) is 177 Å². The Morgan fingerprint density at radius 2 is 0.684 bits per heavy atom. The molecule has 3 aromatic carbocycles. The lowest BCUT2D eigenvalue weighted by Gasteiger charge is -2.36. The summed E-state index contributed by atoms with van der Waals surface area (Å²) in [6, 6.07) is 30.3. The average Bonchev–Trinajstić information content (AvgIpc) is 1.68. The highest BCUT2D eigenvalue weighted by atomic mass is 79.9. The van der Waals surface area contributed by atoms with Gasteiger partial charge in [-0.25, -0.2) is 38.0 Å². The second kappa shape index (κ2) is 39.2. The second-order valence-electron chi connectivity index (χ2n) is 32.3. The minimum absolute atomic E-state index is 0. The molecule has 11 aromatic rings. The molecule has 117 heavy (non-hydrogen) atoms. The molecule has 634 valence electrons. The van der Waals surface area contributed by atoms with Gasteiger partial charge in [-0.3, -0.25) is 0 Å². The van der Waals surface area contributed by atoms with Crippen molar-refractivity contribution in [2.75, 3.05) is 16.0 Å². The second-order valence-corrected chi connectivity index (χ2v) is 34.3. The number of anilines is 3. The zero-order valence-electron chi connectivity index (χ0n) is 65.9. The van der Waals surface area contributed by atoms with Crippen molar-refractivity contribution < 1.29 is 70.0 Å².